The fraction of sp³-hybridized carbons (Fsp3) is 0.385. The summed E-state index contributed by atoms with van der Waals surface area (Å²) in [6.45, 7) is 1.09. The molecule has 110 valence electrons. The Labute approximate surface area is 125 Å². The zero-order valence-corrected chi connectivity index (χ0v) is 12.6. The maximum atomic E-state index is 12.9. The van der Waals surface area contributed by atoms with E-state index in [0.717, 1.165) is 0 Å². The number of nitrogens with one attached hydrogen (secondary N) is 2. The molecule has 1 rings (SSSR count). The highest BCUT2D eigenvalue weighted by molar-refractivity contribution is 9.10. The summed E-state index contributed by atoms with van der Waals surface area (Å²) < 4.78 is 18.1. The van der Waals surface area contributed by atoms with E-state index in [1.54, 1.807) is 7.11 Å². The molecule has 1 aromatic carbocycles. The summed E-state index contributed by atoms with van der Waals surface area (Å²) in [6.07, 6.45) is 0.175. The molecule has 2 amide bonds. The smallest absolute Gasteiger partial charge is 0.252 e. The zero-order valence-electron chi connectivity index (χ0n) is 11.0. The number of carbonyl (C=O) groups excluding carboxylic acids is 2. The molecular weight excluding hydrogens is 331 g/mol. The standard InChI is InChI=1S/C13H16BrFN2O3/c1-20-7-6-16-12(18)4-5-17-13(19)10-3-2-9(15)8-11(10)14/h2-3,8H,4-7H2,1H3,(H,16,18)(H,17,19). The lowest BCUT2D eigenvalue weighted by Gasteiger charge is -2.07. The Morgan fingerprint density at radius 2 is 2.05 bits per heavy atom. The van der Waals surface area contributed by atoms with Gasteiger partial charge in [-0.2, -0.15) is 0 Å². The minimum absolute atomic E-state index is 0.166. The molecule has 5 nitrogen and oxygen atoms in total. The first-order valence-corrected chi connectivity index (χ1v) is 6.82. The maximum Gasteiger partial charge on any atom is 0.252 e. The first-order valence-electron chi connectivity index (χ1n) is 6.03. The molecule has 0 spiro atoms. The molecule has 0 saturated carbocycles. The first-order chi connectivity index (χ1) is 9.54. The van der Waals surface area contributed by atoms with Crippen molar-refractivity contribution in [3.05, 3.63) is 34.1 Å². The van der Waals surface area contributed by atoms with Crippen LogP contribution in [0, 0.1) is 5.82 Å². The number of benzene rings is 1. The molecule has 0 aliphatic heterocycles. The van der Waals surface area contributed by atoms with Crippen LogP contribution in [-0.4, -0.2) is 38.6 Å². The Bertz CT molecular complexity index is 483. The summed E-state index contributed by atoms with van der Waals surface area (Å²) in [5, 5.41) is 5.24. The summed E-state index contributed by atoms with van der Waals surface area (Å²) in [4.78, 5) is 23.2. The van der Waals surface area contributed by atoms with E-state index in [4.69, 9.17) is 4.74 Å². The predicted octanol–water partition coefficient (Wildman–Crippen LogP) is 1.47. The van der Waals surface area contributed by atoms with Crippen molar-refractivity contribution in [2.45, 2.75) is 6.42 Å². The second-order valence-corrected chi connectivity index (χ2v) is 4.83. The van der Waals surface area contributed by atoms with Crippen molar-refractivity contribution in [1.29, 1.82) is 0 Å². The number of halogens is 2. The lowest BCUT2D eigenvalue weighted by Crippen LogP contribution is -2.32. The van der Waals surface area contributed by atoms with Crippen LogP contribution in [0.1, 0.15) is 16.8 Å². The van der Waals surface area contributed by atoms with Crippen molar-refractivity contribution in [3.8, 4) is 0 Å². The quantitative estimate of drug-likeness (QED) is 0.734. The lowest BCUT2D eigenvalue weighted by molar-refractivity contribution is -0.121. The summed E-state index contributed by atoms with van der Waals surface area (Å²) in [6, 6.07) is 3.80. The molecule has 0 aliphatic carbocycles. The molecular formula is C13H16BrFN2O3. The molecule has 0 atom stereocenters. The van der Waals surface area contributed by atoms with Crippen molar-refractivity contribution < 1.29 is 18.7 Å². The highest BCUT2D eigenvalue weighted by atomic mass is 79.9. The molecule has 0 fully saturated rings. The monoisotopic (exact) mass is 346 g/mol. The van der Waals surface area contributed by atoms with Gasteiger partial charge in [0.05, 0.1) is 12.2 Å². The van der Waals surface area contributed by atoms with Gasteiger partial charge in [0.25, 0.3) is 5.91 Å². The van der Waals surface area contributed by atoms with Crippen LogP contribution in [0.4, 0.5) is 4.39 Å². The SMILES string of the molecule is COCCNC(=O)CCNC(=O)c1ccc(F)cc1Br. The third kappa shape index (κ3) is 5.66. The van der Waals surface area contributed by atoms with Crippen LogP contribution in [0.25, 0.3) is 0 Å². The van der Waals surface area contributed by atoms with E-state index in [-0.39, 0.29) is 24.8 Å². The molecule has 0 aromatic heterocycles. The summed E-state index contributed by atoms with van der Waals surface area (Å²) >= 11 is 3.12. The molecule has 0 saturated heterocycles. The van der Waals surface area contributed by atoms with Crippen LogP contribution >= 0.6 is 15.9 Å². The fourth-order valence-electron chi connectivity index (χ4n) is 1.44. The highest BCUT2D eigenvalue weighted by Gasteiger charge is 2.10. The maximum absolute atomic E-state index is 12.9. The van der Waals surface area contributed by atoms with E-state index in [1.165, 1.54) is 18.2 Å². The minimum atomic E-state index is -0.425. The Balaban J connectivity index is 2.34. The number of rotatable bonds is 7. The Morgan fingerprint density at radius 1 is 1.30 bits per heavy atom. The predicted molar refractivity (Wildman–Crippen MR) is 75.9 cm³/mol. The van der Waals surface area contributed by atoms with Crippen LogP contribution in [0.3, 0.4) is 0 Å². The van der Waals surface area contributed by atoms with Gasteiger partial charge >= 0.3 is 0 Å². The number of hydrogen-bond donors (Lipinski definition) is 2. The zero-order chi connectivity index (χ0) is 15.0. The van der Waals surface area contributed by atoms with Gasteiger partial charge in [0.1, 0.15) is 5.82 Å². The van der Waals surface area contributed by atoms with Gasteiger partial charge in [0.2, 0.25) is 5.91 Å². The Kier molecular flexibility index (Phi) is 7.17. The van der Waals surface area contributed by atoms with Gasteiger partial charge in [-0.1, -0.05) is 0 Å². The Hall–Kier alpha value is -1.47. The normalized spacial score (nSPS) is 10.2. The molecule has 20 heavy (non-hydrogen) atoms. The average Bonchev–Trinajstić information content (AvgIpc) is 2.38. The van der Waals surface area contributed by atoms with Crippen molar-refractivity contribution in [3.63, 3.8) is 0 Å². The van der Waals surface area contributed by atoms with E-state index in [1.807, 2.05) is 0 Å². The van der Waals surface area contributed by atoms with Crippen LogP contribution in [-0.2, 0) is 9.53 Å². The molecule has 0 aliphatic rings. The van der Waals surface area contributed by atoms with Crippen LogP contribution in [0.15, 0.2) is 22.7 Å². The van der Waals surface area contributed by atoms with Crippen molar-refractivity contribution in [2.24, 2.45) is 0 Å². The van der Waals surface area contributed by atoms with Crippen LogP contribution < -0.4 is 10.6 Å². The van der Waals surface area contributed by atoms with Gasteiger partial charge in [0.15, 0.2) is 0 Å². The Morgan fingerprint density at radius 3 is 2.70 bits per heavy atom. The van der Waals surface area contributed by atoms with Gasteiger partial charge in [-0.3, -0.25) is 9.59 Å². The van der Waals surface area contributed by atoms with E-state index in [9.17, 15) is 14.0 Å². The largest absolute Gasteiger partial charge is 0.383 e. The number of ether oxygens (including phenoxy) is 1. The van der Waals surface area contributed by atoms with E-state index in [2.05, 4.69) is 26.6 Å². The molecule has 1 aromatic rings. The molecule has 0 heterocycles. The van der Waals surface area contributed by atoms with Gasteiger partial charge in [-0.15, -0.1) is 0 Å². The van der Waals surface area contributed by atoms with Crippen LogP contribution in [0.5, 0.6) is 0 Å². The van der Waals surface area contributed by atoms with E-state index < -0.39 is 5.82 Å². The molecule has 2 N–H and O–H groups in total. The molecule has 7 heteroatoms. The van der Waals surface area contributed by atoms with Gasteiger partial charge in [-0.05, 0) is 34.1 Å². The number of carbonyl (C=O) groups is 2. The number of methoxy groups -OCH3 is 1. The van der Waals surface area contributed by atoms with Gasteiger partial charge < -0.3 is 15.4 Å². The topological polar surface area (TPSA) is 67.4 Å². The van der Waals surface area contributed by atoms with E-state index in [0.29, 0.717) is 23.2 Å². The minimum Gasteiger partial charge on any atom is -0.383 e. The number of amides is 2. The third-order valence-electron chi connectivity index (χ3n) is 2.44. The van der Waals surface area contributed by atoms with Crippen molar-refractivity contribution in [1.82, 2.24) is 10.6 Å². The average molecular weight is 347 g/mol. The fourth-order valence-corrected chi connectivity index (χ4v) is 1.97. The highest BCUT2D eigenvalue weighted by Crippen LogP contribution is 2.17. The lowest BCUT2D eigenvalue weighted by atomic mass is 10.2. The first kappa shape index (κ1) is 16.6. The van der Waals surface area contributed by atoms with Crippen LogP contribution in [0.2, 0.25) is 0 Å². The van der Waals surface area contributed by atoms with Crippen molar-refractivity contribution in [2.75, 3.05) is 26.8 Å². The second kappa shape index (κ2) is 8.65. The summed E-state index contributed by atoms with van der Waals surface area (Å²) in [5.41, 5.74) is 0.325. The van der Waals surface area contributed by atoms with Crippen molar-refractivity contribution >= 4 is 27.7 Å². The van der Waals surface area contributed by atoms with Gasteiger partial charge in [-0.25, -0.2) is 4.39 Å². The van der Waals surface area contributed by atoms with E-state index >= 15 is 0 Å². The molecule has 0 radical (unpaired) electrons. The summed E-state index contributed by atoms with van der Waals surface area (Å²) in [7, 11) is 1.55. The second-order valence-electron chi connectivity index (χ2n) is 3.97. The summed E-state index contributed by atoms with van der Waals surface area (Å²) in [5.74, 6) is -0.951. The van der Waals surface area contributed by atoms with Gasteiger partial charge in [0, 0.05) is 31.1 Å². The molecule has 0 bridgehead atoms. The third-order valence-corrected chi connectivity index (χ3v) is 3.10. The molecule has 0 unspecified atom stereocenters. The number of hydrogen-bond acceptors (Lipinski definition) is 3.